The Morgan fingerprint density at radius 3 is 2.70 bits per heavy atom. The van der Waals surface area contributed by atoms with E-state index in [1.807, 2.05) is 24.4 Å². The van der Waals surface area contributed by atoms with Crippen molar-refractivity contribution < 1.29 is 4.79 Å². The van der Waals surface area contributed by atoms with E-state index in [0.29, 0.717) is 11.9 Å². The number of thiazole rings is 1. The summed E-state index contributed by atoms with van der Waals surface area (Å²) in [6, 6.07) is 6.41. The predicted octanol–water partition coefficient (Wildman–Crippen LogP) is 3.81. The maximum Gasteiger partial charge on any atom is 0.228 e. The lowest BCUT2D eigenvalue weighted by Gasteiger charge is -2.31. The first-order chi connectivity index (χ1) is 13.1. The summed E-state index contributed by atoms with van der Waals surface area (Å²) in [7, 11) is 4.22. The molecule has 0 aromatic carbocycles. The van der Waals surface area contributed by atoms with Gasteiger partial charge in [0.2, 0.25) is 5.91 Å². The monoisotopic (exact) mass is 381 g/mol. The zero-order valence-electron chi connectivity index (χ0n) is 15.6. The van der Waals surface area contributed by atoms with Crippen molar-refractivity contribution in [1.82, 2.24) is 19.9 Å². The van der Waals surface area contributed by atoms with E-state index in [4.69, 9.17) is 4.98 Å². The summed E-state index contributed by atoms with van der Waals surface area (Å²) in [5.41, 5.74) is 3.50. The van der Waals surface area contributed by atoms with Crippen LogP contribution in [-0.4, -0.2) is 45.9 Å². The van der Waals surface area contributed by atoms with Crippen molar-refractivity contribution in [1.29, 1.82) is 0 Å². The molecule has 7 heteroatoms. The largest absolute Gasteiger partial charge is 0.310 e. The molecule has 27 heavy (non-hydrogen) atoms. The molecule has 1 N–H and O–H groups in total. The SMILES string of the molecule is CN(C)[C@H]1CC[C@H](C(=O)Nc2cc3nc(-c4cncs4)ccc3cn2)CC1. The summed E-state index contributed by atoms with van der Waals surface area (Å²) < 4.78 is 0. The van der Waals surface area contributed by atoms with Gasteiger partial charge in [-0.05, 0) is 51.9 Å². The van der Waals surface area contributed by atoms with E-state index >= 15 is 0 Å². The number of anilines is 1. The molecule has 6 nitrogen and oxygen atoms in total. The van der Waals surface area contributed by atoms with Crippen LogP contribution in [0.1, 0.15) is 25.7 Å². The van der Waals surface area contributed by atoms with E-state index in [0.717, 1.165) is 47.2 Å². The average molecular weight is 382 g/mol. The number of aromatic nitrogens is 3. The molecule has 3 heterocycles. The van der Waals surface area contributed by atoms with E-state index < -0.39 is 0 Å². The number of fused-ring (bicyclic) bond motifs is 1. The first kappa shape index (κ1) is 18.0. The Labute approximate surface area is 162 Å². The topological polar surface area (TPSA) is 71.0 Å². The third-order valence-corrected chi connectivity index (χ3v) is 6.10. The number of hydrogen-bond acceptors (Lipinski definition) is 6. The van der Waals surface area contributed by atoms with E-state index in [1.54, 1.807) is 23.0 Å². The molecule has 1 aliphatic carbocycles. The van der Waals surface area contributed by atoms with Crippen LogP contribution in [0.2, 0.25) is 0 Å². The molecule has 4 rings (SSSR count). The first-order valence-electron chi connectivity index (χ1n) is 9.23. The standard InChI is InChI=1S/C20H23N5OS/c1-25(2)15-6-3-13(4-7-15)20(26)24-19-9-17-14(10-22-19)5-8-16(23-17)18-11-21-12-27-18/h5,8-13,15H,3-4,6-7H2,1-2H3,(H,22,24,26)/t13-,15-. The maximum atomic E-state index is 12.6. The summed E-state index contributed by atoms with van der Waals surface area (Å²) in [4.78, 5) is 29.1. The molecule has 0 bridgehead atoms. The van der Waals surface area contributed by atoms with Gasteiger partial charge in [0.25, 0.3) is 0 Å². The van der Waals surface area contributed by atoms with Crippen molar-refractivity contribution in [2.45, 2.75) is 31.7 Å². The normalized spacial score (nSPS) is 20.1. The molecule has 1 amide bonds. The number of nitrogens with zero attached hydrogens (tertiary/aromatic N) is 4. The highest BCUT2D eigenvalue weighted by Crippen LogP contribution is 2.28. The first-order valence-corrected chi connectivity index (χ1v) is 10.1. The molecular formula is C20H23N5OS. The van der Waals surface area contributed by atoms with Crippen LogP contribution >= 0.6 is 11.3 Å². The lowest BCUT2D eigenvalue weighted by atomic mass is 9.85. The maximum absolute atomic E-state index is 12.6. The van der Waals surface area contributed by atoms with Crippen molar-refractivity contribution in [3.05, 3.63) is 36.1 Å². The molecule has 0 radical (unpaired) electrons. The zero-order valence-corrected chi connectivity index (χ0v) is 16.4. The molecule has 0 aliphatic heterocycles. The van der Waals surface area contributed by atoms with Crippen molar-refractivity contribution in [2.24, 2.45) is 5.92 Å². The number of amides is 1. The van der Waals surface area contributed by atoms with E-state index in [-0.39, 0.29) is 11.8 Å². The molecule has 1 saturated carbocycles. The summed E-state index contributed by atoms with van der Waals surface area (Å²) in [6.45, 7) is 0. The second-order valence-corrected chi connectivity index (χ2v) is 8.17. The van der Waals surface area contributed by atoms with Gasteiger partial charge in [0.15, 0.2) is 0 Å². The second-order valence-electron chi connectivity index (χ2n) is 7.28. The van der Waals surface area contributed by atoms with Crippen molar-refractivity contribution in [2.75, 3.05) is 19.4 Å². The van der Waals surface area contributed by atoms with Gasteiger partial charge in [0, 0.05) is 35.8 Å². The van der Waals surface area contributed by atoms with Crippen LogP contribution in [-0.2, 0) is 4.79 Å². The molecule has 0 unspecified atom stereocenters. The smallest absolute Gasteiger partial charge is 0.228 e. The van der Waals surface area contributed by atoms with Crippen LogP contribution in [0.15, 0.2) is 36.1 Å². The van der Waals surface area contributed by atoms with Crippen LogP contribution in [0.3, 0.4) is 0 Å². The molecular weight excluding hydrogens is 358 g/mol. The Kier molecular flexibility index (Phi) is 5.13. The fourth-order valence-electron chi connectivity index (χ4n) is 3.65. The fourth-order valence-corrected chi connectivity index (χ4v) is 4.24. The Balaban J connectivity index is 1.48. The van der Waals surface area contributed by atoms with Crippen molar-refractivity contribution >= 4 is 34.0 Å². The van der Waals surface area contributed by atoms with Gasteiger partial charge in [0.1, 0.15) is 5.82 Å². The quantitative estimate of drug-likeness (QED) is 0.744. The molecule has 0 atom stereocenters. The zero-order chi connectivity index (χ0) is 18.8. The summed E-state index contributed by atoms with van der Waals surface area (Å²) in [6.07, 6.45) is 7.56. The van der Waals surface area contributed by atoms with Gasteiger partial charge in [-0.2, -0.15) is 0 Å². The van der Waals surface area contributed by atoms with E-state index in [2.05, 4.69) is 34.3 Å². The summed E-state index contributed by atoms with van der Waals surface area (Å²) in [5, 5.41) is 3.94. The molecule has 3 aromatic rings. The van der Waals surface area contributed by atoms with Gasteiger partial charge in [-0.3, -0.25) is 9.78 Å². The number of carbonyl (C=O) groups excluding carboxylic acids is 1. The third kappa shape index (κ3) is 3.99. The van der Waals surface area contributed by atoms with Crippen molar-refractivity contribution in [3.63, 3.8) is 0 Å². The highest BCUT2D eigenvalue weighted by atomic mass is 32.1. The number of rotatable bonds is 4. The molecule has 140 valence electrons. The van der Waals surface area contributed by atoms with E-state index in [1.165, 1.54) is 0 Å². The van der Waals surface area contributed by atoms with Gasteiger partial charge in [-0.15, -0.1) is 11.3 Å². The van der Waals surface area contributed by atoms with Gasteiger partial charge in [0.05, 0.1) is 21.6 Å². The predicted molar refractivity (Wildman–Crippen MR) is 109 cm³/mol. The van der Waals surface area contributed by atoms with E-state index in [9.17, 15) is 4.79 Å². The molecule has 1 fully saturated rings. The molecule has 1 aliphatic rings. The highest BCUT2D eigenvalue weighted by Gasteiger charge is 2.27. The van der Waals surface area contributed by atoms with Crippen LogP contribution < -0.4 is 5.32 Å². The van der Waals surface area contributed by atoms with Gasteiger partial charge in [-0.1, -0.05) is 0 Å². The van der Waals surface area contributed by atoms with Crippen LogP contribution in [0.25, 0.3) is 21.5 Å². The lowest BCUT2D eigenvalue weighted by Crippen LogP contribution is -2.35. The number of hydrogen-bond donors (Lipinski definition) is 1. The number of carbonyl (C=O) groups is 1. The number of pyridine rings is 2. The molecule has 0 spiro atoms. The third-order valence-electron chi connectivity index (χ3n) is 5.31. The Hall–Kier alpha value is -2.38. The Morgan fingerprint density at radius 2 is 2.00 bits per heavy atom. The van der Waals surface area contributed by atoms with Crippen LogP contribution in [0.4, 0.5) is 5.82 Å². The molecule has 0 saturated heterocycles. The average Bonchev–Trinajstić information content (AvgIpc) is 3.22. The molecule has 3 aromatic heterocycles. The van der Waals surface area contributed by atoms with Gasteiger partial charge < -0.3 is 10.2 Å². The minimum atomic E-state index is 0.0650. The summed E-state index contributed by atoms with van der Waals surface area (Å²) >= 11 is 1.56. The second kappa shape index (κ2) is 7.70. The fraction of sp³-hybridized carbons (Fsp3) is 0.400. The van der Waals surface area contributed by atoms with Crippen LogP contribution in [0, 0.1) is 5.92 Å². The lowest BCUT2D eigenvalue weighted by molar-refractivity contribution is -0.121. The van der Waals surface area contributed by atoms with Gasteiger partial charge >= 0.3 is 0 Å². The Bertz CT molecular complexity index is 933. The van der Waals surface area contributed by atoms with Gasteiger partial charge in [-0.25, -0.2) is 9.97 Å². The number of nitrogens with one attached hydrogen (secondary N) is 1. The highest BCUT2D eigenvalue weighted by molar-refractivity contribution is 7.13. The minimum absolute atomic E-state index is 0.0650. The minimum Gasteiger partial charge on any atom is -0.310 e. The van der Waals surface area contributed by atoms with Crippen molar-refractivity contribution in [3.8, 4) is 10.6 Å². The van der Waals surface area contributed by atoms with Crippen LogP contribution in [0.5, 0.6) is 0 Å². The Morgan fingerprint density at radius 1 is 1.19 bits per heavy atom. The summed E-state index contributed by atoms with van der Waals surface area (Å²) in [5.74, 6) is 0.698.